The van der Waals surface area contributed by atoms with E-state index < -0.39 is 22.2 Å². The second-order valence-corrected chi connectivity index (χ2v) is 6.93. The van der Waals surface area contributed by atoms with Crippen molar-refractivity contribution in [2.24, 2.45) is 0 Å². The molecule has 0 spiro atoms. The van der Waals surface area contributed by atoms with Crippen LogP contribution in [0.15, 0.2) is 23.1 Å². The SMILES string of the molecule is N#Cc1ccc(S(=O)(=O)N[C@H]2CCCC[C@@H]2O)c(Cl)c1. The van der Waals surface area contributed by atoms with E-state index in [2.05, 4.69) is 4.72 Å². The highest BCUT2D eigenvalue weighted by Crippen LogP contribution is 2.25. The minimum Gasteiger partial charge on any atom is -0.391 e. The minimum atomic E-state index is -3.80. The summed E-state index contributed by atoms with van der Waals surface area (Å²) in [4.78, 5) is -0.0732. The van der Waals surface area contributed by atoms with Gasteiger partial charge in [-0.2, -0.15) is 5.26 Å². The highest BCUT2D eigenvalue weighted by atomic mass is 35.5. The van der Waals surface area contributed by atoms with Crippen LogP contribution in [0.2, 0.25) is 5.02 Å². The molecule has 1 aliphatic carbocycles. The van der Waals surface area contributed by atoms with Crippen LogP contribution in [0.1, 0.15) is 31.2 Å². The van der Waals surface area contributed by atoms with Gasteiger partial charge >= 0.3 is 0 Å². The highest BCUT2D eigenvalue weighted by molar-refractivity contribution is 7.89. The Morgan fingerprint density at radius 1 is 1.35 bits per heavy atom. The first-order valence-corrected chi connectivity index (χ1v) is 8.20. The quantitative estimate of drug-likeness (QED) is 0.890. The zero-order chi connectivity index (χ0) is 14.8. The number of benzene rings is 1. The summed E-state index contributed by atoms with van der Waals surface area (Å²) in [6, 6.07) is 5.43. The molecule has 0 amide bonds. The lowest BCUT2D eigenvalue weighted by atomic mass is 9.93. The van der Waals surface area contributed by atoms with Gasteiger partial charge in [-0.3, -0.25) is 0 Å². The van der Waals surface area contributed by atoms with Gasteiger partial charge in [0.1, 0.15) is 4.90 Å². The Morgan fingerprint density at radius 3 is 2.65 bits per heavy atom. The number of hydrogen-bond acceptors (Lipinski definition) is 4. The van der Waals surface area contributed by atoms with E-state index in [9.17, 15) is 13.5 Å². The monoisotopic (exact) mass is 314 g/mol. The molecular formula is C13H15ClN2O3S. The van der Waals surface area contributed by atoms with Crippen LogP contribution < -0.4 is 4.72 Å². The van der Waals surface area contributed by atoms with E-state index in [4.69, 9.17) is 16.9 Å². The molecule has 1 fully saturated rings. The van der Waals surface area contributed by atoms with Crippen molar-refractivity contribution in [2.45, 2.75) is 42.7 Å². The second-order valence-electron chi connectivity index (χ2n) is 4.84. The predicted molar refractivity (Wildman–Crippen MR) is 74.8 cm³/mol. The third-order valence-corrected chi connectivity index (χ3v) is 5.36. The number of aliphatic hydroxyl groups is 1. The van der Waals surface area contributed by atoms with E-state index in [0.717, 1.165) is 12.8 Å². The Hall–Kier alpha value is -1.13. The van der Waals surface area contributed by atoms with Gasteiger partial charge in [-0.05, 0) is 31.0 Å². The van der Waals surface area contributed by atoms with E-state index in [1.54, 1.807) is 0 Å². The van der Waals surface area contributed by atoms with Crippen molar-refractivity contribution in [2.75, 3.05) is 0 Å². The summed E-state index contributed by atoms with van der Waals surface area (Å²) in [6.45, 7) is 0. The molecule has 2 N–H and O–H groups in total. The average molecular weight is 315 g/mol. The van der Waals surface area contributed by atoms with E-state index in [1.807, 2.05) is 6.07 Å². The summed E-state index contributed by atoms with van der Waals surface area (Å²) in [5.74, 6) is 0. The van der Waals surface area contributed by atoms with Crippen molar-refractivity contribution in [3.63, 3.8) is 0 Å². The molecule has 0 bridgehead atoms. The zero-order valence-corrected chi connectivity index (χ0v) is 12.3. The molecule has 0 unspecified atom stereocenters. The molecule has 2 rings (SSSR count). The smallest absolute Gasteiger partial charge is 0.242 e. The highest BCUT2D eigenvalue weighted by Gasteiger charge is 2.29. The number of nitrogens with one attached hydrogen (secondary N) is 1. The first-order valence-electron chi connectivity index (χ1n) is 6.34. The van der Waals surface area contributed by atoms with E-state index in [-0.39, 0.29) is 9.92 Å². The summed E-state index contributed by atoms with van der Waals surface area (Å²) in [6.07, 6.45) is 2.31. The molecule has 0 radical (unpaired) electrons. The summed E-state index contributed by atoms with van der Waals surface area (Å²) in [7, 11) is -3.80. The van der Waals surface area contributed by atoms with Gasteiger partial charge in [-0.25, -0.2) is 13.1 Å². The largest absolute Gasteiger partial charge is 0.391 e. The second kappa shape index (κ2) is 6.10. The summed E-state index contributed by atoms with van der Waals surface area (Å²) in [5, 5.41) is 18.6. The molecule has 0 aromatic heterocycles. The van der Waals surface area contributed by atoms with Gasteiger partial charge in [0.05, 0.1) is 22.8 Å². The third-order valence-electron chi connectivity index (χ3n) is 3.39. The van der Waals surface area contributed by atoms with Gasteiger partial charge in [0, 0.05) is 6.04 Å². The first-order chi connectivity index (χ1) is 9.44. The van der Waals surface area contributed by atoms with E-state index >= 15 is 0 Å². The lowest BCUT2D eigenvalue weighted by molar-refractivity contribution is 0.101. The molecule has 108 valence electrons. The van der Waals surface area contributed by atoms with Crippen LogP contribution in [-0.2, 0) is 10.0 Å². The molecule has 1 aliphatic rings. The Morgan fingerprint density at radius 2 is 2.05 bits per heavy atom. The normalized spacial score (nSPS) is 23.2. The molecule has 5 nitrogen and oxygen atoms in total. The van der Waals surface area contributed by atoms with Gasteiger partial charge in [0.2, 0.25) is 10.0 Å². The molecule has 0 heterocycles. The van der Waals surface area contributed by atoms with Crippen LogP contribution in [0.25, 0.3) is 0 Å². The van der Waals surface area contributed by atoms with Crippen molar-refractivity contribution in [3.8, 4) is 6.07 Å². The molecule has 1 aromatic carbocycles. The van der Waals surface area contributed by atoms with Crippen LogP contribution in [0.4, 0.5) is 0 Å². The van der Waals surface area contributed by atoms with Gasteiger partial charge < -0.3 is 5.11 Å². The Bertz CT molecular complexity index is 640. The van der Waals surface area contributed by atoms with Crippen molar-refractivity contribution < 1.29 is 13.5 Å². The lowest BCUT2D eigenvalue weighted by Crippen LogP contribution is -2.45. The maximum absolute atomic E-state index is 12.3. The van der Waals surface area contributed by atoms with Crippen LogP contribution >= 0.6 is 11.6 Å². The Balaban J connectivity index is 2.24. The fourth-order valence-corrected chi connectivity index (χ4v) is 4.15. The van der Waals surface area contributed by atoms with Crippen LogP contribution in [-0.4, -0.2) is 25.7 Å². The fourth-order valence-electron chi connectivity index (χ4n) is 2.30. The minimum absolute atomic E-state index is 0.00171. The number of hydrogen-bond donors (Lipinski definition) is 2. The van der Waals surface area contributed by atoms with Gasteiger partial charge in [0.15, 0.2) is 0 Å². The number of sulfonamides is 1. The summed E-state index contributed by atoms with van der Waals surface area (Å²) >= 11 is 5.91. The Labute approximate surface area is 123 Å². The third kappa shape index (κ3) is 3.30. The van der Waals surface area contributed by atoms with E-state index in [1.165, 1.54) is 18.2 Å². The van der Waals surface area contributed by atoms with Crippen molar-refractivity contribution >= 4 is 21.6 Å². The molecule has 7 heteroatoms. The first kappa shape index (κ1) is 15.3. The lowest BCUT2D eigenvalue weighted by Gasteiger charge is -2.28. The van der Waals surface area contributed by atoms with Crippen molar-refractivity contribution in [3.05, 3.63) is 28.8 Å². The van der Waals surface area contributed by atoms with E-state index in [0.29, 0.717) is 18.4 Å². The van der Waals surface area contributed by atoms with Crippen molar-refractivity contribution in [1.29, 1.82) is 5.26 Å². The summed E-state index contributed by atoms with van der Waals surface area (Å²) in [5.41, 5.74) is 0.298. The number of nitriles is 1. The molecule has 1 saturated carbocycles. The molecule has 1 aromatic rings. The summed E-state index contributed by atoms with van der Waals surface area (Å²) < 4.78 is 27.0. The van der Waals surface area contributed by atoms with Gasteiger partial charge in [-0.1, -0.05) is 24.4 Å². The standard InChI is InChI=1S/C13H15ClN2O3S/c14-10-7-9(8-15)5-6-13(10)20(18,19)16-11-3-1-2-4-12(11)17/h5-7,11-12,16-17H,1-4H2/t11-,12-/m0/s1. The van der Waals surface area contributed by atoms with Gasteiger partial charge in [-0.15, -0.1) is 0 Å². The van der Waals surface area contributed by atoms with Crippen LogP contribution in [0.5, 0.6) is 0 Å². The van der Waals surface area contributed by atoms with Crippen LogP contribution in [0.3, 0.4) is 0 Å². The average Bonchev–Trinajstić information content (AvgIpc) is 2.40. The molecule has 0 aliphatic heterocycles. The molecule has 20 heavy (non-hydrogen) atoms. The fraction of sp³-hybridized carbons (Fsp3) is 0.462. The molecule has 2 atom stereocenters. The van der Waals surface area contributed by atoms with Crippen molar-refractivity contribution in [1.82, 2.24) is 4.72 Å². The van der Waals surface area contributed by atoms with Gasteiger partial charge in [0.25, 0.3) is 0 Å². The Kier molecular flexibility index (Phi) is 4.66. The number of halogens is 1. The topological polar surface area (TPSA) is 90.2 Å². The zero-order valence-electron chi connectivity index (χ0n) is 10.7. The maximum Gasteiger partial charge on any atom is 0.242 e. The maximum atomic E-state index is 12.3. The van der Waals surface area contributed by atoms with Crippen LogP contribution in [0, 0.1) is 11.3 Å². The molecule has 0 saturated heterocycles. The molecular weight excluding hydrogens is 300 g/mol. The number of nitrogens with zero attached hydrogens (tertiary/aromatic N) is 1. The number of rotatable bonds is 3. The predicted octanol–water partition coefficient (Wildman–Crippen LogP) is 1.79. The number of aliphatic hydroxyl groups excluding tert-OH is 1.